The number of unbranched alkanes of at least 4 members (excludes halogenated alkanes) is 2. The third-order valence-corrected chi connectivity index (χ3v) is 2.83. The number of hydrogen-bond acceptors (Lipinski definition) is 5. The fraction of sp³-hybridized carbons (Fsp3) is 0.846. The van der Waals surface area contributed by atoms with Gasteiger partial charge < -0.3 is 20.2 Å². The molecule has 4 N–H and O–H groups in total. The van der Waals surface area contributed by atoms with E-state index in [0.717, 1.165) is 19.3 Å². The summed E-state index contributed by atoms with van der Waals surface area (Å²) >= 11 is 0. The molecule has 0 amide bonds. The molecule has 0 aromatic carbocycles. The van der Waals surface area contributed by atoms with E-state index in [4.69, 9.17) is 4.74 Å². The molecule has 0 heterocycles. The summed E-state index contributed by atoms with van der Waals surface area (Å²) in [6.45, 7) is 3.94. The molecule has 0 aliphatic rings. The Hall–Kier alpha value is -0.500. The van der Waals surface area contributed by atoms with Crippen LogP contribution in [0.15, 0.2) is 12.3 Å². The van der Waals surface area contributed by atoms with Gasteiger partial charge in [0.2, 0.25) is 0 Å². The van der Waals surface area contributed by atoms with Gasteiger partial charge >= 0.3 is 0 Å². The molecule has 0 spiro atoms. The Morgan fingerprint density at radius 1 is 1.37 bits per heavy atom. The maximum Gasteiger partial charge on any atom is 0.112 e. The Kier molecular flexibility index (Phi) is 11.0. The Balaban J connectivity index is 4.02. The Bertz CT molecular complexity index is 237. The highest BCUT2D eigenvalue weighted by molar-refractivity contribution is 4.82. The lowest BCUT2D eigenvalue weighted by Crippen LogP contribution is -3.11. The molecule has 4 unspecified atom stereocenters. The van der Waals surface area contributed by atoms with E-state index in [0.29, 0.717) is 6.42 Å². The van der Waals surface area contributed by atoms with Crippen molar-refractivity contribution in [1.29, 1.82) is 0 Å². The van der Waals surface area contributed by atoms with Gasteiger partial charge in [0.15, 0.2) is 0 Å². The standard InChI is InChI=1S/C13H28N2O4/c1-4-5-6-7-12(17)8-9-15(18)14-13(10-19-3)11(2)16/h8-9,11-17H,4-7,10H2,1-3H3. The van der Waals surface area contributed by atoms with Crippen LogP contribution in [-0.4, -0.2) is 42.2 Å². The summed E-state index contributed by atoms with van der Waals surface area (Å²) < 4.78 is 4.91. The molecule has 19 heavy (non-hydrogen) atoms. The number of ether oxygens (including phenoxy) is 1. The van der Waals surface area contributed by atoms with Gasteiger partial charge in [-0.25, -0.2) is 0 Å². The van der Waals surface area contributed by atoms with E-state index in [-0.39, 0.29) is 11.8 Å². The van der Waals surface area contributed by atoms with Gasteiger partial charge in [-0.1, -0.05) is 26.2 Å². The van der Waals surface area contributed by atoms with Crippen LogP contribution in [0.4, 0.5) is 0 Å². The average molecular weight is 276 g/mol. The number of aliphatic hydroxyl groups excluding tert-OH is 2. The molecule has 114 valence electrons. The van der Waals surface area contributed by atoms with Crippen LogP contribution in [-0.2, 0) is 4.74 Å². The summed E-state index contributed by atoms with van der Waals surface area (Å²) in [5, 5.41) is 30.3. The van der Waals surface area contributed by atoms with E-state index in [2.05, 4.69) is 12.3 Å². The van der Waals surface area contributed by atoms with Crippen molar-refractivity contribution in [3.05, 3.63) is 17.5 Å². The van der Waals surface area contributed by atoms with Gasteiger partial charge in [-0.15, -0.1) is 0 Å². The van der Waals surface area contributed by atoms with E-state index in [1.54, 1.807) is 6.92 Å². The SMILES string of the molecule is CCCCCC(O)C=C[NH+]([O-])NC(COC)C(C)O. The van der Waals surface area contributed by atoms with Gasteiger partial charge in [-0.05, 0) is 19.4 Å². The molecule has 6 nitrogen and oxygen atoms in total. The Labute approximate surface area is 115 Å². The molecule has 6 heteroatoms. The molecule has 0 rings (SSSR count). The monoisotopic (exact) mass is 276 g/mol. The Morgan fingerprint density at radius 2 is 2.05 bits per heavy atom. The van der Waals surface area contributed by atoms with Gasteiger partial charge in [0, 0.05) is 7.11 Å². The van der Waals surface area contributed by atoms with Gasteiger partial charge in [0.25, 0.3) is 0 Å². The molecule has 0 fully saturated rings. The third-order valence-electron chi connectivity index (χ3n) is 2.83. The first-order valence-electron chi connectivity index (χ1n) is 6.85. The van der Waals surface area contributed by atoms with E-state index in [1.165, 1.54) is 19.4 Å². The number of nitrogens with one attached hydrogen (secondary N) is 2. The molecule has 0 aliphatic carbocycles. The number of hydrogen-bond donors (Lipinski definition) is 4. The lowest BCUT2D eigenvalue weighted by Gasteiger charge is -2.26. The second-order valence-electron chi connectivity index (χ2n) is 4.73. The van der Waals surface area contributed by atoms with Crippen molar-refractivity contribution < 1.29 is 20.1 Å². The smallest absolute Gasteiger partial charge is 0.112 e. The first-order chi connectivity index (χ1) is 9.01. The van der Waals surface area contributed by atoms with Crippen molar-refractivity contribution >= 4 is 0 Å². The van der Waals surface area contributed by atoms with E-state index in [9.17, 15) is 15.4 Å². The van der Waals surface area contributed by atoms with Crippen LogP contribution in [0.25, 0.3) is 0 Å². The number of rotatable bonds is 11. The predicted molar refractivity (Wildman–Crippen MR) is 74.1 cm³/mol. The van der Waals surface area contributed by atoms with Crippen molar-refractivity contribution in [2.45, 2.75) is 57.8 Å². The van der Waals surface area contributed by atoms with Crippen LogP contribution in [0.1, 0.15) is 39.5 Å². The normalized spacial score (nSPS) is 18.4. The summed E-state index contributed by atoms with van der Waals surface area (Å²) in [6.07, 6.45) is 5.30. The van der Waals surface area contributed by atoms with Crippen LogP contribution >= 0.6 is 0 Å². The third kappa shape index (κ3) is 10.0. The maximum absolute atomic E-state index is 11.6. The molecule has 0 saturated carbocycles. The highest BCUT2D eigenvalue weighted by Crippen LogP contribution is 2.03. The molecule has 0 aromatic heterocycles. The van der Waals surface area contributed by atoms with Gasteiger partial charge in [0.1, 0.15) is 12.2 Å². The van der Waals surface area contributed by atoms with Crippen LogP contribution in [0.2, 0.25) is 0 Å². The van der Waals surface area contributed by atoms with E-state index >= 15 is 0 Å². The lowest BCUT2D eigenvalue weighted by atomic mass is 10.1. The Morgan fingerprint density at radius 3 is 2.58 bits per heavy atom. The predicted octanol–water partition coefficient (Wildman–Crippen LogP) is -0.276. The quantitative estimate of drug-likeness (QED) is 0.308. The summed E-state index contributed by atoms with van der Waals surface area (Å²) in [5.41, 5.74) is 2.63. The van der Waals surface area contributed by atoms with Crippen LogP contribution in [0, 0.1) is 5.21 Å². The molecule has 0 bridgehead atoms. The number of aliphatic hydroxyl groups is 2. The van der Waals surface area contributed by atoms with Crippen molar-refractivity contribution in [3.63, 3.8) is 0 Å². The molecular weight excluding hydrogens is 248 g/mol. The van der Waals surface area contributed by atoms with Crippen molar-refractivity contribution in [2.75, 3.05) is 13.7 Å². The minimum atomic E-state index is -0.688. The molecule has 0 aromatic rings. The van der Waals surface area contributed by atoms with Crippen LogP contribution in [0.3, 0.4) is 0 Å². The zero-order valence-corrected chi connectivity index (χ0v) is 12.1. The molecule has 0 aliphatic heterocycles. The van der Waals surface area contributed by atoms with E-state index in [1.807, 2.05) is 0 Å². The topological polar surface area (TPSA) is 89.2 Å². The van der Waals surface area contributed by atoms with Gasteiger partial charge in [0.05, 0.1) is 18.8 Å². The highest BCUT2D eigenvalue weighted by Gasteiger charge is 2.16. The van der Waals surface area contributed by atoms with Gasteiger partial charge in [-0.2, -0.15) is 5.43 Å². The van der Waals surface area contributed by atoms with E-state index < -0.39 is 18.2 Å². The number of hydroxylamine groups is 1. The van der Waals surface area contributed by atoms with Crippen molar-refractivity contribution in [1.82, 2.24) is 5.43 Å². The molecule has 0 saturated heterocycles. The summed E-state index contributed by atoms with van der Waals surface area (Å²) in [6, 6.07) is -0.445. The van der Waals surface area contributed by atoms with Crippen LogP contribution < -0.4 is 10.6 Å². The zero-order valence-electron chi connectivity index (χ0n) is 12.1. The maximum atomic E-state index is 11.6. The zero-order chi connectivity index (χ0) is 14.7. The average Bonchev–Trinajstić information content (AvgIpc) is 2.36. The minimum Gasteiger partial charge on any atom is -0.608 e. The second kappa shape index (κ2) is 11.3. The summed E-state index contributed by atoms with van der Waals surface area (Å²) in [7, 11) is 1.51. The number of quaternary nitrogens is 1. The highest BCUT2D eigenvalue weighted by atomic mass is 16.5. The summed E-state index contributed by atoms with van der Waals surface area (Å²) in [4.78, 5) is 0. The summed E-state index contributed by atoms with van der Waals surface area (Å²) in [5.74, 6) is 0. The fourth-order valence-corrected chi connectivity index (χ4v) is 1.61. The molecule has 4 atom stereocenters. The molecule has 0 radical (unpaired) electrons. The first kappa shape index (κ1) is 18.5. The van der Waals surface area contributed by atoms with Crippen LogP contribution in [0.5, 0.6) is 0 Å². The fourth-order valence-electron chi connectivity index (χ4n) is 1.61. The lowest BCUT2D eigenvalue weighted by molar-refractivity contribution is -0.847. The minimum absolute atomic E-state index is 0.246. The van der Waals surface area contributed by atoms with Gasteiger partial charge in [-0.3, -0.25) is 5.17 Å². The first-order valence-corrected chi connectivity index (χ1v) is 6.85. The largest absolute Gasteiger partial charge is 0.608 e. The molecular formula is C13H28N2O4. The van der Waals surface area contributed by atoms with Crippen molar-refractivity contribution in [2.24, 2.45) is 0 Å². The van der Waals surface area contributed by atoms with Crippen molar-refractivity contribution in [3.8, 4) is 0 Å². The second-order valence-corrected chi connectivity index (χ2v) is 4.73. The number of methoxy groups -OCH3 is 1.